The fraction of sp³-hybridized carbons (Fsp3) is 0.810. The minimum atomic E-state index is -0.561. The van der Waals surface area contributed by atoms with E-state index in [4.69, 9.17) is 0 Å². The molecular weight excluding hydrogens is 324 g/mol. The summed E-state index contributed by atoms with van der Waals surface area (Å²) in [6.07, 6.45) is 11.7. The minimum absolute atomic E-state index is 0.182. The lowest BCUT2D eigenvalue weighted by Crippen LogP contribution is -2.62. The van der Waals surface area contributed by atoms with Crippen LogP contribution in [0.1, 0.15) is 45.4 Å². The van der Waals surface area contributed by atoms with Crippen molar-refractivity contribution in [2.24, 2.45) is 23.2 Å². The van der Waals surface area contributed by atoms with Crippen molar-refractivity contribution in [1.29, 1.82) is 0 Å². The second-order valence-electron chi connectivity index (χ2n) is 9.78. The summed E-state index contributed by atoms with van der Waals surface area (Å²) in [5.74, 6) is 3.50. The van der Waals surface area contributed by atoms with Crippen molar-refractivity contribution in [3.63, 3.8) is 0 Å². The topological polar surface area (TPSA) is 52.5 Å². The van der Waals surface area contributed by atoms with Crippen LogP contribution in [0.15, 0.2) is 18.5 Å². The first-order chi connectivity index (χ1) is 12.5. The Bertz CT molecular complexity index is 603. The summed E-state index contributed by atoms with van der Waals surface area (Å²) in [5, 5.41) is 11.6. The Labute approximate surface area is 156 Å². The van der Waals surface area contributed by atoms with Gasteiger partial charge in [-0.1, -0.05) is 0 Å². The number of hydrogen-bond acceptors (Lipinski definition) is 5. The molecule has 5 aliphatic rings. The van der Waals surface area contributed by atoms with Crippen LogP contribution in [0.2, 0.25) is 0 Å². The smallest absolute Gasteiger partial charge is 0.225 e. The van der Waals surface area contributed by atoms with E-state index in [2.05, 4.69) is 26.7 Å². The van der Waals surface area contributed by atoms with Gasteiger partial charge >= 0.3 is 0 Å². The van der Waals surface area contributed by atoms with Crippen molar-refractivity contribution in [3.8, 4) is 0 Å². The highest BCUT2D eigenvalue weighted by molar-refractivity contribution is 5.29. The first-order valence-corrected chi connectivity index (χ1v) is 10.5. The predicted molar refractivity (Wildman–Crippen MR) is 102 cm³/mol. The minimum Gasteiger partial charge on any atom is -0.388 e. The van der Waals surface area contributed by atoms with Crippen LogP contribution < -0.4 is 4.90 Å². The fourth-order valence-electron chi connectivity index (χ4n) is 6.93. The zero-order chi connectivity index (χ0) is 17.8. The van der Waals surface area contributed by atoms with E-state index in [-0.39, 0.29) is 5.41 Å². The maximum Gasteiger partial charge on any atom is 0.225 e. The van der Waals surface area contributed by atoms with Crippen LogP contribution in [0.25, 0.3) is 0 Å². The lowest BCUT2D eigenvalue weighted by atomic mass is 9.45. The Morgan fingerprint density at radius 2 is 1.54 bits per heavy atom. The van der Waals surface area contributed by atoms with Crippen molar-refractivity contribution in [1.82, 2.24) is 14.9 Å². The predicted octanol–water partition coefficient (Wildman–Crippen LogP) is 2.57. The number of rotatable bonds is 4. The molecule has 142 valence electrons. The Hall–Kier alpha value is -1.20. The average Bonchev–Trinajstić information content (AvgIpc) is 2.61. The number of hydrogen-bond donors (Lipinski definition) is 1. The maximum atomic E-state index is 11.6. The van der Waals surface area contributed by atoms with Gasteiger partial charge in [0.05, 0.1) is 5.60 Å². The number of anilines is 1. The largest absolute Gasteiger partial charge is 0.388 e. The summed E-state index contributed by atoms with van der Waals surface area (Å²) in [7, 11) is 0. The molecule has 2 heterocycles. The third-order valence-electron chi connectivity index (χ3n) is 7.92. The summed E-state index contributed by atoms with van der Waals surface area (Å²) in [6, 6.07) is 1.86. The van der Waals surface area contributed by atoms with E-state index in [1.54, 1.807) is 0 Å². The van der Waals surface area contributed by atoms with Crippen molar-refractivity contribution in [2.45, 2.75) is 51.0 Å². The highest BCUT2D eigenvalue weighted by Crippen LogP contribution is 2.63. The van der Waals surface area contributed by atoms with Crippen LogP contribution in [-0.2, 0) is 0 Å². The molecule has 1 N–H and O–H groups in total. The van der Waals surface area contributed by atoms with Crippen LogP contribution in [-0.4, -0.2) is 58.3 Å². The molecule has 1 aromatic rings. The van der Waals surface area contributed by atoms with Gasteiger partial charge < -0.3 is 10.0 Å². The Kier molecular flexibility index (Phi) is 4.02. The third-order valence-corrected chi connectivity index (χ3v) is 7.92. The van der Waals surface area contributed by atoms with E-state index < -0.39 is 5.60 Å². The van der Waals surface area contributed by atoms with Gasteiger partial charge in [0.1, 0.15) is 0 Å². The summed E-state index contributed by atoms with van der Waals surface area (Å²) in [5.41, 5.74) is -0.379. The van der Waals surface area contributed by atoms with Gasteiger partial charge in [0.2, 0.25) is 5.95 Å². The van der Waals surface area contributed by atoms with Crippen LogP contribution in [0, 0.1) is 23.2 Å². The van der Waals surface area contributed by atoms with Crippen molar-refractivity contribution >= 4 is 5.95 Å². The zero-order valence-corrected chi connectivity index (χ0v) is 16.0. The Morgan fingerprint density at radius 1 is 1.00 bits per heavy atom. The molecule has 26 heavy (non-hydrogen) atoms. The van der Waals surface area contributed by atoms with Gasteiger partial charge in [0.15, 0.2) is 0 Å². The molecule has 5 nitrogen and oxygen atoms in total. The molecule has 1 unspecified atom stereocenters. The van der Waals surface area contributed by atoms with Gasteiger partial charge in [0.25, 0.3) is 0 Å². The van der Waals surface area contributed by atoms with E-state index in [0.717, 1.165) is 56.4 Å². The Balaban J connectivity index is 1.24. The molecule has 1 aromatic heterocycles. The van der Waals surface area contributed by atoms with E-state index in [0.29, 0.717) is 0 Å². The quantitative estimate of drug-likeness (QED) is 0.899. The second kappa shape index (κ2) is 6.16. The van der Waals surface area contributed by atoms with Gasteiger partial charge in [-0.15, -0.1) is 0 Å². The number of β-amino-alcohol motifs (C(OH)–C–C–N with tert-alkyl or cyclic N) is 1. The van der Waals surface area contributed by atoms with Crippen LogP contribution >= 0.6 is 0 Å². The first kappa shape index (κ1) is 16.9. The summed E-state index contributed by atoms with van der Waals surface area (Å²) < 4.78 is 0. The monoisotopic (exact) mass is 356 g/mol. The lowest BCUT2D eigenvalue weighted by molar-refractivity contribution is -0.178. The molecule has 0 aromatic carbocycles. The SMILES string of the molecule is CC(O)(CN1CCN(c2ncccn2)CC1)C12CC3CC(CC(C3)C1)C2. The fourth-order valence-corrected chi connectivity index (χ4v) is 6.93. The van der Waals surface area contributed by atoms with Gasteiger partial charge in [-0.25, -0.2) is 9.97 Å². The number of nitrogens with zero attached hydrogens (tertiary/aromatic N) is 4. The molecule has 0 radical (unpaired) electrons. The van der Waals surface area contributed by atoms with Crippen LogP contribution in [0.5, 0.6) is 0 Å². The van der Waals surface area contributed by atoms with E-state index in [1.165, 1.54) is 38.5 Å². The summed E-state index contributed by atoms with van der Waals surface area (Å²) in [6.45, 7) is 6.83. The molecule has 6 rings (SSSR count). The molecule has 0 spiro atoms. The van der Waals surface area contributed by atoms with Gasteiger partial charge in [-0.3, -0.25) is 4.90 Å². The second-order valence-corrected chi connectivity index (χ2v) is 9.78. The molecule has 4 saturated carbocycles. The molecule has 5 heteroatoms. The van der Waals surface area contributed by atoms with E-state index >= 15 is 0 Å². The number of piperazine rings is 1. The van der Waals surface area contributed by atoms with E-state index in [1.807, 2.05) is 18.5 Å². The molecule has 1 aliphatic heterocycles. The first-order valence-electron chi connectivity index (χ1n) is 10.5. The lowest BCUT2D eigenvalue weighted by Gasteiger charge is -2.62. The van der Waals surface area contributed by atoms with Crippen molar-refractivity contribution in [3.05, 3.63) is 18.5 Å². The van der Waals surface area contributed by atoms with Crippen LogP contribution in [0.4, 0.5) is 5.95 Å². The number of aromatic nitrogens is 2. The number of aliphatic hydroxyl groups is 1. The molecule has 4 bridgehead atoms. The Morgan fingerprint density at radius 3 is 2.08 bits per heavy atom. The van der Waals surface area contributed by atoms with Crippen molar-refractivity contribution < 1.29 is 5.11 Å². The summed E-state index contributed by atoms with van der Waals surface area (Å²) >= 11 is 0. The normalized spacial score (nSPS) is 39.2. The highest BCUT2D eigenvalue weighted by atomic mass is 16.3. The molecule has 5 fully saturated rings. The highest BCUT2D eigenvalue weighted by Gasteiger charge is 2.58. The van der Waals surface area contributed by atoms with Gasteiger partial charge in [0, 0.05) is 50.5 Å². The van der Waals surface area contributed by atoms with E-state index in [9.17, 15) is 5.11 Å². The maximum absolute atomic E-state index is 11.6. The average molecular weight is 357 g/mol. The molecular formula is C21H32N4O. The third kappa shape index (κ3) is 2.84. The summed E-state index contributed by atoms with van der Waals surface area (Å²) in [4.78, 5) is 13.5. The standard InChI is InChI=1S/C21H32N4O/c1-20(26,21-12-16-9-17(13-21)11-18(10-16)14-21)15-24-5-7-25(8-6-24)19-22-3-2-4-23-19/h2-4,16-18,26H,5-15H2,1H3. The molecule has 0 amide bonds. The van der Waals surface area contributed by atoms with Gasteiger partial charge in [-0.2, -0.15) is 0 Å². The molecule has 1 atom stereocenters. The zero-order valence-electron chi connectivity index (χ0n) is 16.0. The van der Waals surface area contributed by atoms with Crippen LogP contribution in [0.3, 0.4) is 0 Å². The molecule has 1 saturated heterocycles. The van der Waals surface area contributed by atoms with Gasteiger partial charge in [-0.05, 0) is 69.3 Å². The molecule has 4 aliphatic carbocycles. The van der Waals surface area contributed by atoms with Crippen molar-refractivity contribution in [2.75, 3.05) is 37.6 Å².